The van der Waals surface area contributed by atoms with Crippen molar-refractivity contribution in [2.45, 2.75) is 32.7 Å². The molecular weight excluding hydrogens is 209 g/mol. The smallest absolute Gasteiger partial charge is 0.405 e. The highest BCUT2D eigenvalue weighted by Crippen LogP contribution is 2.19. The number of amides is 1. The third kappa shape index (κ3) is 3.22. The minimum Gasteiger partial charge on any atom is -0.465 e. The van der Waals surface area contributed by atoms with Crippen LogP contribution in [0.4, 0.5) is 9.18 Å². The first-order valence-electron chi connectivity index (χ1n) is 5.07. The first kappa shape index (κ1) is 12.5. The molecule has 16 heavy (non-hydrogen) atoms. The largest absolute Gasteiger partial charge is 0.465 e. The average Bonchev–Trinajstić information content (AvgIpc) is 2.09. The Kier molecular flexibility index (Phi) is 3.52. The first-order chi connectivity index (χ1) is 7.32. The van der Waals surface area contributed by atoms with Crippen LogP contribution in [-0.4, -0.2) is 16.7 Å². The molecule has 0 aromatic heterocycles. The van der Waals surface area contributed by atoms with Crippen LogP contribution in [0.3, 0.4) is 0 Å². The van der Waals surface area contributed by atoms with E-state index >= 15 is 0 Å². The quantitative estimate of drug-likeness (QED) is 0.831. The Balaban J connectivity index is 2.91. The molecule has 2 N–H and O–H groups in total. The number of nitrogens with one attached hydrogen (secondary N) is 1. The predicted octanol–water partition coefficient (Wildman–Crippen LogP) is 2.72. The highest BCUT2D eigenvalue weighted by molar-refractivity contribution is 5.65. The number of hydrogen-bond donors (Lipinski definition) is 2. The van der Waals surface area contributed by atoms with Crippen molar-refractivity contribution in [3.8, 4) is 0 Å². The Morgan fingerprint density at radius 2 is 2.12 bits per heavy atom. The topological polar surface area (TPSA) is 49.3 Å². The van der Waals surface area contributed by atoms with Crippen molar-refractivity contribution in [1.82, 2.24) is 5.32 Å². The molecule has 88 valence electrons. The molecule has 0 fully saturated rings. The molecule has 1 aromatic carbocycles. The molecule has 0 atom stereocenters. The van der Waals surface area contributed by atoms with Crippen LogP contribution in [0.5, 0.6) is 0 Å². The zero-order valence-electron chi connectivity index (χ0n) is 9.67. The van der Waals surface area contributed by atoms with Gasteiger partial charge in [-0.25, -0.2) is 9.18 Å². The minimum absolute atomic E-state index is 0.291. The summed E-state index contributed by atoms with van der Waals surface area (Å²) in [5.41, 5.74) is 0.709. The Labute approximate surface area is 94.3 Å². The molecule has 0 aliphatic carbocycles. The maximum absolute atomic E-state index is 13.5. The second-order valence-corrected chi connectivity index (χ2v) is 4.53. The maximum atomic E-state index is 13.5. The van der Waals surface area contributed by atoms with Crippen molar-refractivity contribution < 1.29 is 14.3 Å². The van der Waals surface area contributed by atoms with Gasteiger partial charge in [0.2, 0.25) is 0 Å². The van der Waals surface area contributed by atoms with Gasteiger partial charge in [-0.1, -0.05) is 12.1 Å². The fraction of sp³-hybridized carbons (Fsp3) is 0.417. The van der Waals surface area contributed by atoms with Gasteiger partial charge < -0.3 is 10.4 Å². The summed E-state index contributed by atoms with van der Waals surface area (Å²) in [6.45, 7) is 5.27. The zero-order valence-corrected chi connectivity index (χ0v) is 9.67. The maximum Gasteiger partial charge on any atom is 0.405 e. The first-order valence-corrected chi connectivity index (χ1v) is 5.07. The molecule has 0 saturated carbocycles. The van der Waals surface area contributed by atoms with E-state index in [0.29, 0.717) is 12.0 Å². The third-order valence-corrected chi connectivity index (χ3v) is 2.42. The van der Waals surface area contributed by atoms with Crippen molar-refractivity contribution >= 4 is 6.09 Å². The summed E-state index contributed by atoms with van der Waals surface area (Å²) < 4.78 is 13.5. The van der Waals surface area contributed by atoms with Gasteiger partial charge in [-0.15, -0.1) is 0 Å². The van der Waals surface area contributed by atoms with E-state index in [2.05, 4.69) is 5.32 Å². The number of aryl methyl sites for hydroxylation is 1. The van der Waals surface area contributed by atoms with Gasteiger partial charge in [-0.3, -0.25) is 0 Å². The van der Waals surface area contributed by atoms with Gasteiger partial charge in [0.05, 0.1) is 0 Å². The SMILES string of the molecule is Cc1cccc(F)c1CC(C)(C)NC(=O)O. The van der Waals surface area contributed by atoms with Gasteiger partial charge in [-0.05, 0) is 44.4 Å². The summed E-state index contributed by atoms with van der Waals surface area (Å²) in [4.78, 5) is 10.6. The fourth-order valence-corrected chi connectivity index (χ4v) is 1.67. The van der Waals surface area contributed by atoms with Crippen LogP contribution in [0.1, 0.15) is 25.0 Å². The van der Waals surface area contributed by atoms with Crippen LogP contribution >= 0.6 is 0 Å². The number of benzene rings is 1. The highest BCUT2D eigenvalue weighted by atomic mass is 19.1. The van der Waals surface area contributed by atoms with Crippen molar-refractivity contribution in [1.29, 1.82) is 0 Å². The summed E-state index contributed by atoms with van der Waals surface area (Å²) in [6, 6.07) is 4.85. The van der Waals surface area contributed by atoms with Gasteiger partial charge in [-0.2, -0.15) is 0 Å². The van der Waals surface area contributed by atoms with Crippen molar-refractivity contribution in [3.63, 3.8) is 0 Å². The molecule has 0 bridgehead atoms. The van der Waals surface area contributed by atoms with Gasteiger partial charge in [0.25, 0.3) is 0 Å². The van der Waals surface area contributed by atoms with E-state index < -0.39 is 11.6 Å². The summed E-state index contributed by atoms with van der Waals surface area (Å²) in [5.74, 6) is -0.291. The third-order valence-electron chi connectivity index (χ3n) is 2.42. The molecule has 0 unspecified atom stereocenters. The average molecular weight is 225 g/mol. The molecule has 4 heteroatoms. The lowest BCUT2D eigenvalue weighted by atomic mass is 9.92. The van der Waals surface area contributed by atoms with Gasteiger partial charge in [0, 0.05) is 5.54 Å². The number of hydrogen-bond acceptors (Lipinski definition) is 1. The molecule has 0 radical (unpaired) electrons. The van der Waals surface area contributed by atoms with Crippen LogP contribution in [0.15, 0.2) is 18.2 Å². The van der Waals surface area contributed by atoms with E-state index in [1.165, 1.54) is 6.07 Å². The lowest BCUT2D eigenvalue weighted by Gasteiger charge is -2.25. The molecular formula is C12H16FNO2. The van der Waals surface area contributed by atoms with Crippen molar-refractivity contribution in [2.24, 2.45) is 0 Å². The van der Waals surface area contributed by atoms with E-state index in [4.69, 9.17) is 5.11 Å². The van der Waals surface area contributed by atoms with Gasteiger partial charge in [0.1, 0.15) is 5.82 Å². The Bertz CT molecular complexity index is 382. The van der Waals surface area contributed by atoms with Gasteiger partial charge >= 0.3 is 6.09 Å². The molecule has 0 saturated heterocycles. The van der Waals surface area contributed by atoms with E-state index in [9.17, 15) is 9.18 Å². The molecule has 3 nitrogen and oxygen atoms in total. The van der Waals surface area contributed by atoms with Crippen molar-refractivity contribution in [2.75, 3.05) is 0 Å². The standard InChI is InChI=1S/C12H16FNO2/c1-8-5-4-6-10(13)9(8)7-12(2,3)14-11(15)16/h4-6,14H,7H2,1-3H3,(H,15,16). The molecule has 0 aliphatic rings. The highest BCUT2D eigenvalue weighted by Gasteiger charge is 2.23. The summed E-state index contributed by atoms with van der Waals surface area (Å²) in [6.07, 6.45) is -0.767. The summed E-state index contributed by atoms with van der Waals surface area (Å²) in [5, 5.41) is 11.0. The molecule has 0 spiro atoms. The zero-order chi connectivity index (χ0) is 12.3. The van der Waals surface area contributed by atoms with Crippen LogP contribution in [0, 0.1) is 12.7 Å². The van der Waals surface area contributed by atoms with Crippen LogP contribution in [0.25, 0.3) is 0 Å². The number of rotatable bonds is 3. The molecule has 0 aliphatic heterocycles. The molecule has 1 rings (SSSR count). The van der Waals surface area contributed by atoms with Crippen LogP contribution in [-0.2, 0) is 6.42 Å². The van der Waals surface area contributed by atoms with Gasteiger partial charge in [0.15, 0.2) is 0 Å². The Morgan fingerprint density at radius 3 is 2.62 bits per heavy atom. The van der Waals surface area contributed by atoms with E-state index in [0.717, 1.165) is 5.56 Å². The molecule has 1 amide bonds. The lowest BCUT2D eigenvalue weighted by Crippen LogP contribution is -2.44. The number of carboxylic acid groups (broad SMARTS) is 1. The normalized spacial score (nSPS) is 11.2. The summed E-state index contributed by atoms with van der Waals surface area (Å²) in [7, 11) is 0. The van der Waals surface area contributed by atoms with E-state index in [-0.39, 0.29) is 5.82 Å². The summed E-state index contributed by atoms with van der Waals surface area (Å²) >= 11 is 0. The lowest BCUT2D eigenvalue weighted by molar-refractivity contribution is 0.182. The molecule has 0 heterocycles. The van der Waals surface area contributed by atoms with Crippen molar-refractivity contribution in [3.05, 3.63) is 35.1 Å². The van der Waals surface area contributed by atoms with E-state index in [1.807, 2.05) is 13.0 Å². The second-order valence-electron chi connectivity index (χ2n) is 4.53. The molecule has 1 aromatic rings. The van der Waals surface area contributed by atoms with E-state index in [1.54, 1.807) is 19.9 Å². The minimum atomic E-state index is -1.10. The second kappa shape index (κ2) is 4.51. The number of carbonyl (C=O) groups is 1. The Morgan fingerprint density at radius 1 is 1.50 bits per heavy atom. The number of halogens is 1. The monoisotopic (exact) mass is 225 g/mol. The predicted molar refractivity (Wildman–Crippen MR) is 60.1 cm³/mol. The van der Waals surface area contributed by atoms with Crippen LogP contribution < -0.4 is 5.32 Å². The Hall–Kier alpha value is -1.58. The van der Waals surface area contributed by atoms with Crippen LogP contribution in [0.2, 0.25) is 0 Å². The fourth-order valence-electron chi connectivity index (χ4n) is 1.67.